The van der Waals surface area contributed by atoms with E-state index >= 15 is 0 Å². The van der Waals surface area contributed by atoms with Gasteiger partial charge >= 0.3 is 5.97 Å². The number of benzene rings is 1. The van der Waals surface area contributed by atoms with Gasteiger partial charge in [-0.1, -0.05) is 6.07 Å². The molecule has 2 rings (SSSR count). The van der Waals surface area contributed by atoms with Gasteiger partial charge < -0.3 is 5.11 Å². The van der Waals surface area contributed by atoms with Crippen molar-refractivity contribution in [2.45, 2.75) is 18.4 Å². The second kappa shape index (κ2) is 5.46. The van der Waals surface area contributed by atoms with Crippen LogP contribution < -0.4 is 0 Å². The van der Waals surface area contributed by atoms with Crippen molar-refractivity contribution >= 4 is 15.8 Å². The predicted molar refractivity (Wildman–Crippen MR) is 72.4 cm³/mol. The van der Waals surface area contributed by atoms with Gasteiger partial charge in [0, 0.05) is 12.4 Å². The third-order valence-corrected chi connectivity index (χ3v) is 4.64. The summed E-state index contributed by atoms with van der Waals surface area (Å²) < 4.78 is 25.9. The van der Waals surface area contributed by atoms with Crippen LogP contribution in [0.2, 0.25) is 0 Å². The Balaban J connectivity index is 2.25. The summed E-state index contributed by atoms with van der Waals surface area (Å²) in [7, 11) is -3.53. The number of carboxylic acid groups (broad SMARTS) is 1. The number of aromatic nitrogens is 2. The van der Waals surface area contributed by atoms with Gasteiger partial charge in [-0.3, -0.25) is 4.68 Å². The van der Waals surface area contributed by atoms with Crippen LogP contribution in [0.1, 0.15) is 15.9 Å². The lowest BCUT2D eigenvalue weighted by Crippen LogP contribution is -2.14. The summed E-state index contributed by atoms with van der Waals surface area (Å²) in [5.41, 5.74) is 0.536. The molecule has 0 aliphatic carbocycles. The molecule has 20 heavy (non-hydrogen) atoms. The molecule has 0 aliphatic heterocycles. The standard InChI is InChI=1S/C13H14N2O4S/c1-10-3-4-11(9-12(10)13(16)17)20(18,19)8-7-15-6-2-5-14-15/h2-6,9H,7-8H2,1H3,(H,16,17). The summed E-state index contributed by atoms with van der Waals surface area (Å²) in [5.74, 6) is -1.26. The number of carboxylic acids is 1. The van der Waals surface area contributed by atoms with E-state index in [9.17, 15) is 13.2 Å². The molecule has 1 heterocycles. The van der Waals surface area contributed by atoms with E-state index in [0.717, 1.165) is 0 Å². The molecule has 0 spiro atoms. The van der Waals surface area contributed by atoms with E-state index < -0.39 is 15.8 Å². The van der Waals surface area contributed by atoms with E-state index in [4.69, 9.17) is 5.11 Å². The summed E-state index contributed by atoms with van der Waals surface area (Å²) in [6, 6.07) is 5.85. The fraction of sp³-hybridized carbons (Fsp3) is 0.231. The Morgan fingerprint density at radius 2 is 2.15 bits per heavy atom. The zero-order chi connectivity index (χ0) is 14.8. The van der Waals surface area contributed by atoms with Gasteiger partial charge in [-0.2, -0.15) is 5.10 Å². The van der Waals surface area contributed by atoms with Crippen molar-refractivity contribution in [3.63, 3.8) is 0 Å². The van der Waals surface area contributed by atoms with Gasteiger partial charge in [-0.05, 0) is 30.7 Å². The molecule has 0 aliphatic rings. The highest BCUT2D eigenvalue weighted by Gasteiger charge is 2.18. The molecule has 7 heteroatoms. The molecule has 6 nitrogen and oxygen atoms in total. The molecule has 0 radical (unpaired) electrons. The van der Waals surface area contributed by atoms with E-state index in [0.29, 0.717) is 5.56 Å². The molecular formula is C13H14N2O4S. The molecule has 0 atom stereocenters. The second-order valence-corrected chi connectivity index (χ2v) is 6.48. The number of nitrogens with zero attached hydrogens (tertiary/aromatic N) is 2. The summed E-state index contributed by atoms with van der Waals surface area (Å²) in [4.78, 5) is 11.1. The van der Waals surface area contributed by atoms with Crippen molar-refractivity contribution in [2.24, 2.45) is 0 Å². The van der Waals surface area contributed by atoms with Gasteiger partial charge in [0.05, 0.1) is 22.8 Å². The second-order valence-electron chi connectivity index (χ2n) is 4.37. The molecule has 0 unspecified atom stereocenters. The summed E-state index contributed by atoms with van der Waals surface area (Å²) in [6.07, 6.45) is 3.24. The fourth-order valence-corrected chi connectivity index (χ4v) is 3.03. The van der Waals surface area contributed by atoms with Gasteiger partial charge in [-0.25, -0.2) is 13.2 Å². The zero-order valence-electron chi connectivity index (χ0n) is 10.9. The molecule has 0 saturated carbocycles. The predicted octanol–water partition coefficient (Wildman–Crippen LogP) is 1.36. The summed E-state index contributed by atoms with van der Waals surface area (Å²) >= 11 is 0. The quantitative estimate of drug-likeness (QED) is 0.899. The largest absolute Gasteiger partial charge is 0.478 e. The smallest absolute Gasteiger partial charge is 0.335 e. The Bertz CT molecular complexity index is 721. The first-order valence-corrected chi connectivity index (χ1v) is 7.59. The Hall–Kier alpha value is -2.15. The van der Waals surface area contributed by atoms with Crippen LogP contribution in [0.3, 0.4) is 0 Å². The van der Waals surface area contributed by atoms with Crippen molar-refractivity contribution in [1.29, 1.82) is 0 Å². The van der Waals surface area contributed by atoms with Crippen molar-refractivity contribution < 1.29 is 18.3 Å². The van der Waals surface area contributed by atoms with Crippen LogP contribution in [0.15, 0.2) is 41.6 Å². The molecule has 0 amide bonds. The highest BCUT2D eigenvalue weighted by Crippen LogP contribution is 2.17. The minimum atomic E-state index is -3.53. The molecule has 106 valence electrons. The highest BCUT2D eigenvalue weighted by molar-refractivity contribution is 7.91. The Morgan fingerprint density at radius 1 is 1.40 bits per heavy atom. The van der Waals surface area contributed by atoms with Crippen LogP contribution in [0.4, 0.5) is 0 Å². The molecule has 1 N–H and O–H groups in total. The maximum absolute atomic E-state index is 12.2. The fourth-order valence-electron chi connectivity index (χ4n) is 1.79. The van der Waals surface area contributed by atoms with E-state index in [1.165, 1.54) is 22.9 Å². The Labute approximate surface area is 116 Å². The minimum absolute atomic E-state index is 0.00478. The number of sulfone groups is 1. The zero-order valence-corrected chi connectivity index (χ0v) is 11.7. The van der Waals surface area contributed by atoms with Gasteiger partial charge in [0.15, 0.2) is 9.84 Å². The first-order chi connectivity index (χ1) is 9.40. The number of rotatable bonds is 5. The first-order valence-electron chi connectivity index (χ1n) is 5.94. The maximum atomic E-state index is 12.2. The first kappa shape index (κ1) is 14.3. The van der Waals surface area contributed by atoms with E-state index in [-0.39, 0.29) is 22.8 Å². The summed E-state index contributed by atoms with van der Waals surface area (Å²) in [5, 5.41) is 13.0. The summed E-state index contributed by atoms with van der Waals surface area (Å²) in [6.45, 7) is 1.86. The van der Waals surface area contributed by atoms with E-state index in [1.54, 1.807) is 25.4 Å². The van der Waals surface area contributed by atoms with E-state index in [1.807, 2.05) is 0 Å². The van der Waals surface area contributed by atoms with Crippen LogP contribution in [0.5, 0.6) is 0 Å². The van der Waals surface area contributed by atoms with Crippen molar-refractivity contribution in [3.05, 3.63) is 47.8 Å². The van der Waals surface area contributed by atoms with Crippen LogP contribution in [0.25, 0.3) is 0 Å². The molecular weight excluding hydrogens is 280 g/mol. The molecule has 0 fully saturated rings. The Morgan fingerprint density at radius 3 is 2.75 bits per heavy atom. The van der Waals surface area contributed by atoms with Crippen molar-refractivity contribution in [3.8, 4) is 0 Å². The number of aromatic carboxylic acids is 1. The lowest BCUT2D eigenvalue weighted by Gasteiger charge is -2.07. The molecule has 0 bridgehead atoms. The van der Waals surface area contributed by atoms with Gasteiger partial charge in [0.1, 0.15) is 0 Å². The van der Waals surface area contributed by atoms with Crippen LogP contribution >= 0.6 is 0 Å². The molecule has 1 aromatic carbocycles. The maximum Gasteiger partial charge on any atom is 0.335 e. The topological polar surface area (TPSA) is 89.3 Å². The van der Waals surface area contributed by atoms with Gasteiger partial charge in [-0.15, -0.1) is 0 Å². The van der Waals surface area contributed by atoms with Gasteiger partial charge in [0.2, 0.25) is 0 Å². The average Bonchev–Trinajstić information content (AvgIpc) is 2.89. The van der Waals surface area contributed by atoms with Crippen LogP contribution in [0, 0.1) is 6.92 Å². The molecule has 0 saturated heterocycles. The normalized spacial score (nSPS) is 11.4. The minimum Gasteiger partial charge on any atom is -0.478 e. The van der Waals surface area contributed by atoms with Gasteiger partial charge in [0.25, 0.3) is 0 Å². The number of hydrogen-bond acceptors (Lipinski definition) is 4. The molecule has 1 aromatic heterocycles. The highest BCUT2D eigenvalue weighted by atomic mass is 32.2. The number of aryl methyl sites for hydroxylation is 2. The third kappa shape index (κ3) is 3.05. The molecule has 2 aromatic rings. The SMILES string of the molecule is Cc1ccc(S(=O)(=O)CCn2cccn2)cc1C(=O)O. The van der Waals surface area contributed by atoms with Crippen molar-refractivity contribution in [1.82, 2.24) is 9.78 Å². The number of hydrogen-bond donors (Lipinski definition) is 1. The van der Waals surface area contributed by atoms with E-state index in [2.05, 4.69) is 5.10 Å². The Kier molecular flexibility index (Phi) is 3.89. The monoisotopic (exact) mass is 294 g/mol. The average molecular weight is 294 g/mol. The lowest BCUT2D eigenvalue weighted by atomic mass is 10.1. The number of carbonyl (C=O) groups is 1. The van der Waals surface area contributed by atoms with Crippen LogP contribution in [-0.4, -0.2) is 35.0 Å². The third-order valence-electron chi connectivity index (χ3n) is 2.95. The lowest BCUT2D eigenvalue weighted by molar-refractivity contribution is 0.0696. The van der Waals surface area contributed by atoms with Crippen molar-refractivity contribution in [2.75, 3.05) is 5.75 Å². The van der Waals surface area contributed by atoms with Crippen LogP contribution in [-0.2, 0) is 16.4 Å².